The predicted octanol–water partition coefficient (Wildman–Crippen LogP) is 1.27. The summed E-state index contributed by atoms with van der Waals surface area (Å²) in [5.41, 5.74) is -0.554. The second-order valence-electron chi connectivity index (χ2n) is 4.96. The molecule has 1 amide bonds. The van der Waals surface area contributed by atoms with E-state index in [9.17, 15) is 9.90 Å². The lowest BCUT2D eigenvalue weighted by Gasteiger charge is -2.29. The molecule has 1 heterocycles. The van der Waals surface area contributed by atoms with Gasteiger partial charge >= 0.3 is 6.09 Å². The van der Waals surface area contributed by atoms with Gasteiger partial charge in [-0.2, -0.15) is 5.26 Å². The minimum Gasteiger partial charge on any atom is -0.444 e. The number of carbonyl (C=O) groups excluding carboxylic acids is 1. The lowest BCUT2D eigenvalue weighted by molar-refractivity contribution is 0.0122. The van der Waals surface area contributed by atoms with Crippen molar-refractivity contribution in [1.82, 2.24) is 4.90 Å². The maximum absolute atomic E-state index is 11.8. The molecule has 1 fully saturated rings. The average molecular weight is 226 g/mol. The number of nitrogens with zero attached hydrogens (tertiary/aromatic N) is 2. The van der Waals surface area contributed by atoms with Gasteiger partial charge in [0.15, 0.2) is 6.10 Å². The van der Waals surface area contributed by atoms with Crippen LogP contribution in [0.25, 0.3) is 0 Å². The predicted molar refractivity (Wildman–Crippen MR) is 57.6 cm³/mol. The lowest BCUT2D eigenvalue weighted by Crippen LogP contribution is -2.44. The number of nitriles is 1. The summed E-state index contributed by atoms with van der Waals surface area (Å²) in [4.78, 5) is 13.2. The Balaban J connectivity index is 2.65. The van der Waals surface area contributed by atoms with E-state index < -0.39 is 23.8 Å². The summed E-state index contributed by atoms with van der Waals surface area (Å²) in [5.74, 6) is 0. The molecule has 5 nitrogen and oxygen atoms in total. The minimum atomic E-state index is -1.13. The topological polar surface area (TPSA) is 73.6 Å². The highest BCUT2D eigenvalue weighted by Gasteiger charge is 2.36. The molecule has 0 unspecified atom stereocenters. The van der Waals surface area contributed by atoms with Crippen molar-refractivity contribution in [3.8, 4) is 6.07 Å². The zero-order valence-electron chi connectivity index (χ0n) is 9.93. The quantitative estimate of drug-likeness (QED) is 0.683. The van der Waals surface area contributed by atoms with E-state index in [1.165, 1.54) is 4.90 Å². The highest BCUT2D eigenvalue weighted by Crippen LogP contribution is 2.22. The summed E-state index contributed by atoms with van der Waals surface area (Å²) in [6.07, 6.45) is -0.143. The fourth-order valence-corrected chi connectivity index (χ4v) is 1.75. The van der Waals surface area contributed by atoms with E-state index >= 15 is 0 Å². The molecule has 90 valence electrons. The number of aliphatic hydroxyl groups is 1. The Kier molecular flexibility index (Phi) is 3.76. The SMILES string of the molecule is CC(C)(C)OC(=O)N1CCC[C@H]1[C@H](O)C#N. The van der Waals surface area contributed by atoms with Crippen LogP contribution in [0.1, 0.15) is 33.6 Å². The first kappa shape index (κ1) is 12.8. The van der Waals surface area contributed by atoms with Crippen LogP contribution < -0.4 is 0 Å². The van der Waals surface area contributed by atoms with Crippen molar-refractivity contribution in [3.05, 3.63) is 0 Å². The van der Waals surface area contributed by atoms with Crippen LogP contribution in [0.15, 0.2) is 0 Å². The van der Waals surface area contributed by atoms with E-state index in [0.29, 0.717) is 13.0 Å². The number of carbonyl (C=O) groups is 1. The Bertz CT molecular complexity index is 303. The molecular formula is C11H18N2O3. The van der Waals surface area contributed by atoms with Crippen molar-refractivity contribution in [2.24, 2.45) is 0 Å². The monoisotopic (exact) mass is 226 g/mol. The van der Waals surface area contributed by atoms with Crippen LogP contribution in [0.3, 0.4) is 0 Å². The molecule has 0 saturated carbocycles. The molecule has 0 aromatic carbocycles. The van der Waals surface area contributed by atoms with Crippen LogP contribution in [0, 0.1) is 11.3 Å². The number of ether oxygens (including phenoxy) is 1. The second kappa shape index (κ2) is 4.71. The van der Waals surface area contributed by atoms with Gasteiger partial charge < -0.3 is 14.7 Å². The summed E-state index contributed by atoms with van der Waals surface area (Å²) >= 11 is 0. The van der Waals surface area contributed by atoms with Crippen molar-refractivity contribution in [2.75, 3.05) is 6.54 Å². The van der Waals surface area contributed by atoms with E-state index in [1.54, 1.807) is 26.8 Å². The highest BCUT2D eigenvalue weighted by molar-refractivity contribution is 5.69. The molecule has 1 N–H and O–H groups in total. The first-order chi connectivity index (χ1) is 7.35. The van der Waals surface area contributed by atoms with Gasteiger partial charge in [-0.1, -0.05) is 0 Å². The molecule has 1 aliphatic rings. The Morgan fingerprint density at radius 1 is 1.62 bits per heavy atom. The fraction of sp³-hybridized carbons (Fsp3) is 0.818. The largest absolute Gasteiger partial charge is 0.444 e. The molecule has 0 aliphatic carbocycles. The molecule has 16 heavy (non-hydrogen) atoms. The zero-order chi connectivity index (χ0) is 12.3. The molecule has 2 atom stereocenters. The van der Waals surface area contributed by atoms with Crippen molar-refractivity contribution in [2.45, 2.75) is 51.4 Å². The molecule has 0 bridgehead atoms. The summed E-state index contributed by atoms with van der Waals surface area (Å²) in [5, 5.41) is 18.1. The number of aliphatic hydroxyl groups excluding tert-OH is 1. The van der Waals surface area contributed by atoms with E-state index in [1.807, 2.05) is 0 Å². The Morgan fingerprint density at radius 3 is 2.75 bits per heavy atom. The zero-order valence-corrected chi connectivity index (χ0v) is 9.93. The normalized spacial score (nSPS) is 22.7. The standard InChI is InChI=1S/C11H18N2O3/c1-11(2,3)16-10(15)13-6-4-5-8(13)9(14)7-12/h8-9,14H,4-6H2,1-3H3/t8-,9+/m0/s1. The first-order valence-corrected chi connectivity index (χ1v) is 5.42. The summed E-state index contributed by atoms with van der Waals surface area (Å²) in [7, 11) is 0. The van der Waals surface area contributed by atoms with Crippen LogP contribution in [-0.2, 0) is 4.74 Å². The van der Waals surface area contributed by atoms with Gasteiger partial charge in [-0.05, 0) is 33.6 Å². The summed E-state index contributed by atoms with van der Waals surface area (Å²) in [6.45, 7) is 5.91. The molecule has 0 spiro atoms. The van der Waals surface area contributed by atoms with Crippen LogP contribution in [0.2, 0.25) is 0 Å². The maximum Gasteiger partial charge on any atom is 0.410 e. The number of likely N-dealkylation sites (tertiary alicyclic amines) is 1. The molecule has 1 saturated heterocycles. The van der Waals surface area contributed by atoms with Gasteiger partial charge in [-0.3, -0.25) is 0 Å². The van der Waals surface area contributed by atoms with Crippen molar-refractivity contribution < 1.29 is 14.6 Å². The van der Waals surface area contributed by atoms with E-state index in [2.05, 4.69) is 0 Å². The lowest BCUT2D eigenvalue weighted by atomic mass is 10.1. The molecule has 1 rings (SSSR count). The number of rotatable bonds is 1. The van der Waals surface area contributed by atoms with Crippen LogP contribution in [0.4, 0.5) is 4.79 Å². The van der Waals surface area contributed by atoms with Crippen molar-refractivity contribution in [1.29, 1.82) is 5.26 Å². The average Bonchev–Trinajstić information content (AvgIpc) is 2.62. The van der Waals surface area contributed by atoms with Gasteiger partial charge in [0.05, 0.1) is 12.1 Å². The number of amides is 1. The Labute approximate surface area is 95.6 Å². The summed E-state index contributed by atoms with van der Waals surface area (Å²) < 4.78 is 5.21. The second-order valence-corrected chi connectivity index (χ2v) is 4.96. The van der Waals surface area contributed by atoms with Gasteiger partial charge in [0.25, 0.3) is 0 Å². The summed E-state index contributed by atoms with van der Waals surface area (Å²) in [6, 6.07) is 1.33. The van der Waals surface area contributed by atoms with Crippen LogP contribution >= 0.6 is 0 Å². The Hall–Kier alpha value is -1.28. The van der Waals surface area contributed by atoms with Crippen molar-refractivity contribution in [3.63, 3.8) is 0 Å². The highest BCUT2D eigenvalue weighted by atomic mass is 16.6. The molecular weight excluding hydrogens is 208 g/mol. The Morgan fingerprint density at radius 2 is 2.25 bits per heavy atom. The number of hydrogen-bond donors (Lipinski definition) is 1. The maximum atomic E-state index is 11.8. The van der Waals surface area contributed by atoms with Crippen LogP contribution in [0.5, 0.6) is 0 Å². The molecule has 0 aromatic rings. The fourth-order valence-electron chi connectivity index (χ4n) is 1.75. The number of hydrogen-bond acceptors (Lipinski definition) is 4. The molecule has 1 aliphatic heterocycles. The van der Waals surface area contributed by atoms with Gasteiger partial charge in [-0.15, -0.1) is 0 Å². The first-order valence-electron chi connectivity index (χ1n) is 5.42. The van der Waals surface area contributed by atoms with Crippen LogP contribution in [-0.4, -0.2) is 40.4 Å². The van der Waals surface area contributed by atoms with Gasteiger partial charge in [0.1, 0.15) is 5.60 Å². The van der Waals surface area contributed by atoms with Crippen molar-refractivity contribution >= 4 is 6.09 Å². The minimum absolute atomic E-state index is 0.431. The van der Waals surface area contributed by atoms with E-state index in [0.717, 1.165) is 6.42 Å². The van der Waals surface area contributed by atoms with E-state index in [4.69, 9.17) is 10.00 Å². The van der Waals surface area contributed by atoms with E-state index in [-0.39, 0.29) is 0 Å². The smallest absolute Gasteiger partial charge is 0.410 e. The third-order valence-electron chi connectivity index (χ3n) is 2.42. The van der Waals surface area contributed by atoms with Gasteiger partial charge in [0.2, 0.25) is 0 Å². The van der Waals surface area contributed by atoms with Gasteiger partial charge in [0, 0.05) is 6.54 Å². The van der Waals surface area contributed by atoms with Gasteiger partial charge in [-0.25, -0.2) is 4.79 Å². The molecule has 0 aromatic heterocycles. The third kappa shape index (κ3) is 3.11. The molecule has 0 radical (unpaired) electrons. The third-order valence-corrected chi connectivity index (χ3v) is 2.42. The molecule has 5 heteroatoms.